The molecule has 0 unspecified atom stereocenters. The molecule has 4 nitrogen and oxygen atoms in total. The highest BCUT2D eigenvalue weighted by molar-refractivity contribution is 5.89. The first-order valence-corrected chi connectivity index (χ1v) is 4.14. The zero-order valence-electron chi connectivity index (χ0n) is 7.60. The van der Waals surface area contributed by atoms with Crippen molar-refractivity contribution in [2.75, 3.05) is 0 Å². The van der Waals surface area contributed by atoms with Crippen LogP contribution in [0, 0.1) is 0 Å². The zero-order valence-corrected chi connectivity index (χ0v) is 7.60. The highest BCUT2D eigenvalue weighted by atomic mass is 16.4. The number of oxazole rings is 1. The Morgan fingerprint density at radius 1 is 1.36 bits per heavy atom. The number of pyridine rings is 1. The molecule has 2 heterocycles. The third kappa shape index (κ3) is 1.54. The van der Waals surface area contributed by atoms with Crippen LogP contribution in [0.2, 0.25) is 0 Å². The van der Waals surface area contributed by atoms with E-state index in [0.717, 1.165) is 5.56 Å². The average Bonchev–Trinajstić information content (AvgIpc) is 2.68. The minimum atomic E-state index is -0.176. The molecule has 0 bridgehead atoms. The first kappa shape index (κ1) is 8.62. The molecule has 0 radical (unpaired) electrons. The second kappa shape index (κ2) is 3.41. The van der Waals surface area contributed by atoms with Gasteiger partial charge >= 0.3 is 0 Å². The van der Waals surface area contributed by atoms with Gasteiger partial charge in [-0.15, -0.1) is 0 Å². The Morgan fingerprint density at radius 2 is 2.07 bits per heavy atom. The summed E-state index contributed by atoms with van der Waals surface area (Å²) in [7, 11) is 0. The Bertz CT molecular complexity index is 448. The molecule has 0 aliphatic heterocycles. The Kier molecular flexibility index (Phi) is 2.10. The molecule has 2 aromatic heterocycles. The SMILES string of the molecule is CC(=O)c1ncc(-c2ccncc2)o1. The van der Waals surface area contributed by atoms with Crippen molar-refractivity contribution < 1.29 is 9.21 Å². The first-order valence-electron chi connectivity index (χ1n) is 4.14. The fourth-order valence-corrected chi connectivity index (χ4v) is 1.09. The molecule has 0 N–H and O–H groups in total. The van der Waals surface area contributed by atoms with E-state index in [2.05, 4.69) is 9.97 Å². The molecule has 4 heteroatoms. The van der Waals surface area contributed by atoms with Gasteiger partial charge in [-0.1, -0.05) is 0 Å². The minimum Gasteiger partial charge on any atom is -0.434 e. The van der Waals surface area contributed by atoms with Crippen molar-refractivity contribution in [2.45, 2.75) is 6.92 Å². The van der Waals surface area contributed by atoms with E-state index in [1.165, 1.54) is 13.1 Å². The molecule has 0 spiro atoms. The van der Waals surface area contributed by atoms with Gasteiger partial charge in [-0.3, -0.25) is 9.78 Å². The molecular weight excluding hydrogens is 180 g/mol. The van der Waals surface area contributed by atoms with Crippen LogP contribution >= 0.6 is 0 Å². The summed E-state index contributed by atoms with van der Waals surface area (Å²) in [6.07, 6.45) is 4.85. The van der Waals surface area contributed by atoms with Gasteiger partial charge in [0.25, 0.3) is 5.89 Å². The lowest BCUT2D eigenvalue weighted by atomic mass is 10.2. The van der Waals surface area contributed by atoms with Crippen LogP contribution in [-0.2, 0) is 0 Å². The van der Waals surface area contributed by atoms with Crippen molar-refractivity contribution in [1.29, 1.82) is 0 Å². The molecule has 0 saturated carbocycles. The van der Waals surface area contributed by atoms with E-state index in [0.29, 0.717) is 5.76 Å². The summed E-state index contributed by atoms with van der Waals surface area (Å²) < 4.78 is 5.24. The third-order valence-corrected chi connectivity index (χ3v) is 1.77. The molecule has 0 amide bonds. The van der Waals surface area contributed by atoms with Crippen LogP contribution in [0.25, 0.3) is 11.3 Å². The summed E-state index contributed by atoms with van der Waals surface area (Å²) >= 11 is 0. The van der Waals surface area contributed by atoms with Gasteiger partial charge in [0.2, 0.25) is 5.78 Å². The molecule has 0 aromatic carbocycles. The van der Waals surface area contributed by atoms with Gasteiger partial charge < -0.3 is 4.42 Å². The van der Waals surface area contributed by atoms with Crippen molar-refractivity contribution in [1.82, 2.24) is 9.97 Å². The predicted molar refractivity (Wildman–Crippen MR) is 49.7 cm³/mol. The van der Waals surface area contributed by atoms with Gasteiger partial charge in [-0.2, -0.15) is 0 Å². The van der Waals surface area contributed by atoms with Gasteiger partial charge in [0.05, 0.1) is 6.20 Å². The normalized spacial score (nSPS) is 10.1. The van der Waals surface area contributed by atoms with Crippen LogP contribution in [-0.4, -0.2) is 15.8 Å². The summed E-state index contributed by atoms with van der Waals surface area (Å²) in [6.45, 7) is 1.42. The summed E-state index contributed by atoms with van der Waals surface area (Å²) in [5.74, 6) is 0.541. The maximum absolute atomic E-state index is 10.9. The standard InChI is InChI=1S/C10H8N2O2/c1-7(13)10-12-6-9(14-10)8-2-4-11-5-3-8/h2-6H,1H3. The van der Waals surface area contributed by atoms with Crippen LogP contribution < -0.4 is 0 Å². The maximum atomic E-state index is 10.9. The van der Waals surface area contributed by atoms with E-state index in [9.17, 15) is 4.79 Å². The van der Waals surface area contributed by atoms with E-state index in [1.54, 1.807) is 24.5 Å². The van der Waals surface area contributed by atoms with Crippen LogP contribution in [0.5, 0.6) is 0 Å². The monoisotopic (exact) mass is 188 g/mol. The van der Waals surface area contributed by atoms with E-state index < -0.39 is 0 Å². The van der Waals surface area contributed by atoms with Crippen LogP contribution in [0.4, 0.5) is 0 Å². The summed E-state index contributed by atoms with van der Waals surface area (Å²) in [5, 5.41) is 0. The molecular formula is C10H8N2O2. The van der Waals surface area contributed by atoms with Gasteiger partial charge in [0.1, 0.15) is 0 Å². The highest BCUT2D eigenvalue weighted by Crippen LogP contribution is 2.18. The zero-order chi connectivity index (χ0) is 9.97. The van der Waals surface area contributed by atoms with E-state index in [1.807, 2.05) is 0 Å². The number of carbonyl (C=O) groups excluding carboxylic acids is 1. The molecule has 0 fully saturated rings. The minimum absolute atomic E-state index is 0.136. The molecule has 0 aliphatic carbocycles. The van der Waals surface area contributed by atoms with E-state index >= 15 is 0 Å². The number of hydrogen-bond donors (Lipinski definition) is 0. The average molecular weight is 188 g/mol. The maximum Gasteiger partial charge on any atom is 0.263 e. The Labute approximate surface area is 80.6 Å². The smallest absolute Gasteiger partial charge is 0.263 e. The third-order valence-electron chi connectivity index (χ3n) is 1.77. The molecule has 0 aliphatic rings. The molecule has 0 saturated heterocycles. The number of Topliss-reactive ketones (excluding diaryl/α,β-unsaturated/α-hetero) is 1. The van der Waals surface area contributed by atoms with E-state index in [-0.39, 0.29) is 11.7 Å². The van der Waals surface area contributed by atoms with E-state index in [4.69, 9.17) is 4.42 Å². The lowest BCUT2D eigenvalue weighted by Gasteiger charge is -1.92. The second-order valence-electron chi connectivity index (χ2n) is 2.82. The number of ketones is 1. The molecule has 2 aromatic rings. The van der Waals surface area contributed by atoms with Gasteiger partial charge in [0, 0.05) is 24.9 Å². The molecule has 70 valence electrons. The van der Waals surface area contributed by atoms with Crippen LogP contribution in [0.1, 0.15) is 17.6 Å². The Hall–Kier alpha value is -1.97. The number of hydrogen-bond acceptors (Lipinski definition) is 4. The van der Waals surface area contributed by atoms with Crippen molar-refractivity contribution in [3.63, 3.8) is 0 Å². The van der Waals surface area contributed by atoms with Crippen molar-refractivity contribution in [3.8, 4) is 11.3 Å². The fourth-order valence-electron chi connectivity index (χ4n) is 1.09. The van der Waals surface area contributed by atoms with Gasteiger partial charge in [-0.25, -0.2) is 4.98 Å². The summed E-state index contributed by atoms with van der Waals surface area (Å²) in [6, 6.07) is 3.59. The van der Waals surface area contributed by atoms with Gasteiger partial charge in [-0.05, 0) is 12.1 Å². The lowest BCUT2D eigenvalue weighted by molar-refractivity contribution is 0.0981. The number of carbonyl (C=O) groups is 1. The van der Waals surface area contributed by atoms with Crippen LogP contribution in [0.15, 0.2) is 35.1 Å². The predicted octanol–water partition coefficient (Wildman–Crippen LogP) is 1.94. The number of rotatable bonds is 2. The Balaban J connectivity index is 2.39. The molecule has 0 atom stereocenters. The summed E-state index contributed by atoms with van der Waals surface area (Å²) in [4.78, 5) is 18.7. The van der Waals surface area contributed by atoms with Crippen molar-refractivity contribution >= 4 is 5.78 Å². The topological polar surface area (TPSA) is 56.0 Å². The quantitative estimate of drug-likeness (QED) is 0.676. The first-order chi connectivity index (χ1) is 6.77. The Morgan fingerprint density at radius 3 is 2.64 bits per heavy atom. The van der Waals surface area contributed by atoms with Crippen molar-refractivity contribution in [3.05, 3.63) is 36.6 Å². The number of nitrogens with zero attached hydrogens (tertiary/aromatic N) is 2. The highest BCUT2D eigenvalue weighted by Gasteiger charge is 2.08. The lowest BCUT2D eigenvalue weighted by Crippen LogP contribution is -1.89. The fraction of sp³-hybridized carbons (Fsp3) is 0.100. The molecule has 14 heavy (non-hydrogen) atoms. The largest absolute Gasteiger partial charge is 0.434 e. The van der Waals surface area contributed by atoms with Crippen molar-refractivity contribution in [2.24, 2.45) is 0 Å². The second-order valence-corrected chi connectivity index (χ2v) is 2.82. The summed E-state index contributed by atoms with van der Waals surface area (Å²) in [5.41, 5.74) is 0.861. The van der Waals surface area contributed by atoms with Gasteiger partial charge in [0.15, 0.2) is 5.76 Å². The van der Waals surface area contributed by atoms with Crippen LogP contribution in [0.3, 0.4) is 0 Å². The number of aromatic nitrogens is 2. The molecule has 2 rings (SSSR count).